The lowest BCUT2D eigenvalue weighted by molar-refractivity contribution is 0.0219. The van der Waals surface area contributed by atoms with E-state index in [2.05, 4.69) is 0 Å². The number of carboxylic acid groups (broad SMARTS) is 1. The Kier molecular flexibility index (Phi) is 3.71. The van der Waals surface area contributed by atoms with Gasteiger partial charge in [-0.1, -0.05) is 0 Å². The minimum Gasteiger partial charge on any atom is -0.464 e. The molecule has 0 aliphatic heterocycles. The molecule has 0 aliphatic carbocycles. The van der Waals surface area contributed by atoms with Crippen molar-refractivity contribution in [3.8, 4) is 0 Å². The minimum absolute atomic E-state index is 0.971. The van der Waals surface area contributed by atoms with Crippen LogP contribution in [0.15, 0.2) is 0 Å². The summed E-state index contributed by atoms with van der Waals surface area (Å²) in [7, 11) is -3.73. The summed E-state index contributed by atoms with van der Waals surface area (Å²) in [4.78, 5) is 10.9. The molecule has 13 heavy (non-hydrogen) atoms. The summed E-state index contributed by atoms with van der Waals surface area (Å²) < 4.78 is 6.68. The molecule has 0 fully saturated rings. The van der Waals surface area contributed by atoms with E-state index in [-0.39, 0.29) is 0 Å². The number of hydrogen-bond acceptors (Lipinski definition) is 2. The molecule has 0 aromatic rings. The van der Waals surface area contributed by atoms with Crippen LogP contribution >= 0.6 is 0 Å². The average Bonchev–Trinajstić information content (AvgIpc) is 1.77. The van der Waals surface area contributed by atoms with Crippen LogP contribution in [0.5, 0.6) is 0 Å². The molecule has 0 saturated carbocycles. The Labute approximate surface area is 81.7 Å². The predicted molar refractivity (Wildman–Crippen MR) is 57.6 cm³/mol. The second kappa shape index (κ2) is 3.81. The Bertz CT molecular complexity index is 195. The van der Waals surface area contributed by atoms with Crippen LogP contribution in [-0.2, 0) is 4.53 Å². The van der Waals surface area contributed by atoms with Gasteiger partial charge in [0, 0.05) is 0 Å². The van der Waals surface area contributed by atoms with Crippen LogP contribution < -0.4 is 0 Å². The summed E-state index contributed by atoms with van der Waals surface area (Å²) in [5, 5.41) is 8.93. The van der Waals surface area contributed by atoms with Crippen LogP contribution in [0.1, 0.15) is 0 Å². The molecular weight excluding hydrogens is 202 g/mol. The molecule has 0 bridgehead atoms. The molecule has 0 heterocycles. The van der Waals surface area contributed by atoms with Gasteiger partial charge in [-0.25, -0.2) is 9.52 Å². The number of hydrogen-bond donors (Lipinski definition) is 1. The zero-order chi connectivity index (χ0) is 10.9. The van der Waals surface area contributed by atoms with Gasteiger partial charge in [0.2, 0.25) is 8.32 Å². The molecule has 0 spiro atoms. The Hall–Kier alpha value is -0.336. The summed E-state index contributed by atoms with van der Waals surface area (Å²) in [6.07, 6.45) is -0.971. The highest BCUT2D eigenvalue weighted by Crippen LogP contribution is 2.15. The molecule has 1 N–H and O–H groups in total. The molecule has 0 aromatic carbocycles. The van der Waals surface area contributed by atoms with Crippen molar-refractivity contribution in [1.82, 2.24) is 4.73 Å². The Morgan fingerprint density at radius 3 is 1.62 bits per heavy atom. The maximum atomic E-state index is 10.9. The minimum atomic E-state index is -1.91. The van der Waals surface area contributed by atoms with E-state index >= 15 is 0 Å². The van der Waals surface area contributed by atoms with Gasteiger partial charge >= 0.3 is 6.09 Å². The second-order valence-corrected chi connectivity index (χ2v) is 14.1. The quantitative estimate of drug-likeness (QED) is 0.588. The summed E-state index contributed by atoms with van der Waals surface area (Å²) in [5.74, 6) is 0. The first-order valence-corrected chi connectivity index (χ1v) is 11.1. The van der Waals surface area contributed by atoms with Gasteiger partial charge in [-0.05, 0) is 39.3 Å². The van der Waals surface area contributed by atoms with E-state index in [4.69, 9.17) is 9.63 Å². The lowest BCUT2D eigenvalue weighted by Crippen LogP contribution is -2.53. The maximum Gasteiger partial charge on any atom is 0.421 e. The molecule has 0 radical (unpaired) electrons. The fourth-order valence-electron chi connectivity index (χ4n) is 0.737. The highest BCUT2D eigenvalue weighted by Gasteiger charge is 2.34. The number of amides is 1. The smallest absolute Gasteiger partial charge is 0.421 e. The number of nitrogens with zero attached hydrogens (tertiary/aromatic N) is 1. The zero-order valence-corrected chi connectivity index (χ0v) is 11.2. The molecule has 1 amide bonds. The van der Waals surface area contributed by atoms with Gasteiger partial charge in [0.05, 0.1) is 0 Å². The maximum absolute atomic E-state index is 10.9. The monoisotopic (exact) mass is 221 g/mol. The first-order valence-electron chi connectivity index (χ1n) is 4.26. The normalized spacial score (nSPS) is 12.8. The zero-order valence-electron chi connectivity index (χ0n) is 9.21. The Morgan fingerprint density at radius 1 is 1.15 bits per heavy atom. The second-order valence-electron chi connectivity index (χ2n) is 4.95. The summed E-state index contributed by atoms with van der Waals surface area (Å²) in [6, 6.07) is 0. The SMILES string of the molecule is C[Si](C)(C)ON(C(=O)O)[Si](C)(C)C. The van der Waals surface area contributed by atoms with Crippen LogP contribution in [0.4, 0.5) is 4.79 Å². The van der Waals surface area contributed by atoms with Gasteiger partial charge in [-0.2, -0.15) is 0 Å². The summed E-state index contributed by atoms with van der Waals surface area (Å²) >= 11 is 0. The lowest BCUT2D eigenvalue weighted by Gasteiger charge is -2.35. The van der Waals surface area contributed by atoms with E-state index in [0.29, 0.717) is 0 Å². The van der Waals surface area contributed by atoms with Crippen molar-refractivity contribution in [3.63, 3.8) is 0 Å². The lowest BCUT2D eigenvalue weighted by atomic mass is 11.3. The molecule has 0 atom stereocenters. The van der Waals surface area contributed by atoms with E-state index in [9.17, 15) is 4.79 Å². The van der Waals surface area contributed by atoms with E-state index < -0.39 is 22.6 Å². The standard InChI is InChI=1S/C7H19NO3Si2/c1-12(2,3)8(7(9)10)11-13(4,5)6/h1-6H3,(H,9,10). The van der Waals surface area contributed by atoms with Crippen LogP contribution in [-0.4, -0.2) is 32.5 Å². The topological polar surface area (TPSA) is 49.8 Å². The van der Waals surface area contributed by atoms with Crippen molar-refractivity contribution in [1.29, 1.82) is 0 Å². The van der Waals surface area contributed by atoms with E-state index in [1.54, 1.807) is 0 Å². The van der Waals surface area contributed by atoms with Crippen LogP contribution in [0.25, 0.3) is 0 Å². The van der Waals surface area contributed by atoms with Crippen molar-refractivity contribution >= 4 is 22.6 Å². The van der Waals surface area contributed by atoms with Gasteiger partial charge < -0.3 is 9.63 Å². The predicted octanol–water partition coefficient (Wildman–Crippen LogP) is 2.57. The van der Waals surface area contributed by atoms with Crippen molar-refractivity contribution in [2.45, 2.75) is 39.3 Å². The highest BCUT2D eigenvalue weighted by atomic mass is 28.4. The van der Waals surface area contributed by atoms with E-state index in [0.717, 1.165) is 0 Å². The van der Waals surface area contributed by atoms with Gasteiger partial charge in [0.15, 0.2) is 8.24 Å². The number of hydroxylamine groups is 1. The third-order valence-corrected chi connectivity index (χ3v) is 3.56. The van der Waals surface area contributed by atoms with E-state index in [1.165, 1.54) is 4.73 Å². The van der Waals surface area contributed by atoms with Crippen molar-refractivity contribution in [2.24, 2.45) is 0 Å². The van der Waals surface area contributed by atoms with Crippen LogP contribution in [0.2, 0.25) is 39.3 Å². The van der Waals surface area contributed by atoms with E-state index in [1.807, 2.05) is 39.3 Å². The van der Waals surface area contributed by atoms with Gasteiger partial charge in [-0.15, -0.1) is 0 Å². The first kappa shape index (κ1) is 12.7. The van der Waals surface area contributed by atoms with Crippen molar-refractivity contribution in [3.05, 3.63) is 0 Å². The van der Waals surface area contributed by atoms with Crippen LogP contribution in [0.3, 0.4) is 0 Å². The molecule has 78 valence electrons. The number of carbonyl (C=O) groups is 1. The van der Waals surface area contributed by atoms with Gasteiger partial charge in [0.1, 0.15) is 0 Å². The third kappa shape index (κ3) is 5.07. The molecule has 0 aromatic heterocycles. The average molecular weight is 221 g/mol. The summed E-state index contributed by atoms with van der Waals surface area (Å²) in [5.41, 5.74) is 0. The van der Waals surface area contributed by atoms with Crippen molar-refractivity contribution < 1.29 is 14.4 Å². The third-order valence-electron chi connectivity index (χ3n) is 1.15. The Balaban J connectivity index is 4.56. The molecule has 0 unspecified atom stereocenters. The largest absolute Gasteiger partial charge is 0.464 e. The molecule has 0 saturated heterocycles. The molecule has 6 heteroatoms. The summed E-state index contributed by atoms with van der Waals surface area (Å²) in [6.45, 7) is 11.8. The van der Waals surface area contributed by atoms with Gasteiger partial charge in [0.25, 0.3) is 0 Å². The molecule has 0 rings (SSSR count). The molecule has 0 aliphatic rings. The number of rotatable bonds is 3. The van der Waals surface area contributed by atoms with Gasteiger partial charge in [-0.3, -0.25) is 0 Å². The molecular formula is C7H19NO3Si2. The fourth-order valence-corrected chi connectivity index (χ4v) is 3.85. The van der Waals surface area contributed by atoms with Crippen LogP contribution in [0, 0.1) is 0 Å². The first-order chi connectivity index (χ1) is 5.54. The van der Waals surface area contributed by atoms with Crippen molar-refractivity contribution in [2.75, 3.05) is 0 Å². The Morgan fingerprint density at radius 2 is 1.54 bits per heavy atom. The highest BCUT2D eigenvalue weighted by molar-refractivity contribution is 6.76. The fraction of sp³-hybridized carbons (Fsp3) is 0.857. The molecule has 4 nitrogen and oxygen atoms in total.